The third-order valence-electron chi connectivity index (χ3n) is 2.21. The van der Waals surface area contributed by atoms with E-state index in [2.05, 4.69) is 0 Å². The molecule has 4 nitrogen and oxygen atoms in total. The van der Waals surface area contributed by atoms with Gasteiger partial charge in [-0.3, -0.25) is 0 Å². The lowest BCUT2D eigenvalue weighted by Gasteiger charge is -2.10. The Morgan fingerprint density at radius 3 is 2.44 bits per heavy atom. The molecule has 0 heterocycles. The van der Waals surface area contributed by atoms with E-state index in [1.165, 1.54) is 18.0 Å². The van der Waals surface area contributed by atoms with Gasteiger partial charge in [-0.1, -0.05) is 0 Å². The maximum atomic E-state index is 11.3. The van der Waals surface area contributed by atoms with Gasteiger partial charge in [0.2, 0.25) is 0 Å². The van der Waals surface area contributed by atoms with Gasteiger partial charge in [-0.05, 0) is 31.2 Å². The minimum atomic E-state index is -3.14. The van der Waals surface area contributed by atoms with Crippen LogP contribution in [-0.4, -0.2) is 44.9 Å². The highest BCUT2D eigenvalue weighted by molar-refractivity contribution is 7.99. The summed E-state index contributed by atoms with van der Waals surface area (Å²) in [5.41, 5.74) is 0. The van der Waals surface area contributed by atoms with Crippen LogP contribution in [0.15, 0.2) is 34.1 Å². The summed E-state index contributed by atoms with van der Waals surface area (Å²) < 4.78 is 27.6. The lowest BCUT2D eigenvalue weighted by molar-refractivity contribution is 0.0551. The zero-order chi connectivity index (χ0) is 13.6. The summed E-state index contributed by atoms with van der Waals surface area (Å²) in [6.45, 7) is 2.79. The van der Waals surface area contributed by atoms with Gasteiger partial charge in [-0.2, -0.15) is 0 Å². The van der Waals surface area contributed by atoms with Gasteiger partial charge in [0.25, 0.3) is 0 Å². The van der Waals surface area contributed by atoms with E-state index in [0.29, 0.717) is 23.9 Å². The molecule has 0 saturated heterocycles. The Balaban J connectivity index is 2.49. The highest BCUT2D eigenvalue weighted by Crippen LogP contribution is 2.21. The van der Waals surface area contributed by atoms with Crippen LogP contribution in [-0.2, 0) is 14.6 Å². The van der Waals surface area contributed by atoms with Crippen molar-refractivity contribution in [3.63, 3.8) is 0 Å². The van der Waals surface area contributed by atoms with Gasteiger partial charge in [0.15, 0.2) is 9.84 Å². The molecule has 1 atom stereocenters. The van der Waals surface area contributed by atoms with Gasteiger partial charge in [0.05, 0.1) is 17.6 Å². The number of aliphatic hydroxyl groups excluding tert-OH is 1. The zero-order valence-corrected chi connectivity index (χ0v) is 12.1. The van der Waals surface area contributed by atoms with Crippen LogP contribution in [0.25, 0.3) is 0 Å². The highest BCUT2D eigenvalue weighted by atomic mass is 32.2. The van der Waals surface area contributed by atoms with Gasteiger partial charge in [0.1, 0.15) is 0 Å². The topological polar surface area (TPSA) is 63.6 Å². The molecule has 1 aromatic rings. The van der Waals surface area contributed by atoms with E-state index in [1.807, 2.05) is 6.92 Å². The van der Waals surface area contributed by atoms with E-state index in [1.54, 1.807) is 24.3 Å². The standard InChI is InChI=1S/C12H18O4S2/c1-3-16-8-10(13)9-17-11-4-6-12(7-5-11)18(2,14)15/h4-7,10,13H,3,8-9H2,1-2H3. The summed E-state index contributed by atoms with van der Waals surface area (Å²) in [7, 11) is -3.14. The van der Waals surface area contributed by atoms with Crippen molar-refractivity contribution >= 4 is 21.6 Å². The van der Waals surface area contributed by atoms with Crippen molar-refractivity contribution in [2.24, 2.45) is 0 Å². The van der Waals surface area contributed by atoms with Crippen molar-refractivity contribution in [1.29, 1.82) is 0 Å². The molecule has 0 saturated carbocycles. The smallest absolute Gasteiger partial charge is 0.175 e. The predicted octanol–water partition coefficient (Wildman–Crippen LogP) is 1.58. The molecule has 1 unspecified atom stereocenters. The Hall–Kier alpha value is -0.560. The fourth-order valence-electron chi connectivity index (χ4n) is 1.28. The first-order chi connectivity index (χ1) is 8.43. The van der Waals surface area contributed by atoms with Gasteiger partial charge >= 0.3 is 0 Å². The molecule has 1 aromatic carbocycles. The molecule has 0 aromatic heterocycles. The van der Waals surface area contributed by atoms with E-state index in [4.69, 9.17) is 4.74 Å². The van der Waals surface area contributed by atoms with Crippen LogP contribution < -0.4 is 0 Å². The lowest BCUT2D eigenvalue weighted by atomic mass is 10.4. The van der Waals surface area contributed by atoms with Crippen molar-refractivity contribution < 1.29 is 18.3 Å². The van der Waals surface area contributed by atoms with Gasteiger partial charge in [-0.25, -0.2) is 8.42 Å². The molecule has 6 heteroatoms. The number of hydrogen-bond acceptors (Lipinski definition) is 5. The first-order valence-electron chi connectivity index (χ1n) is 5.62. The largest absolute Gasteiger partial charge is 0.390 e. The number of aliphatic hydroxyl groups is 1. The molecule has 1 N–H and O–H groups in total. The highest BCUT2D eigenvalue weighted by Gasteiger charge is 2.08. The Morgan fingerprint density at radius 1 is 1.33 bits per heavy atom. The van der Waals surface area contributed by atoms with Crippen LogP contribution in [0, 0.1) is 0 Å². The Labute approximate surface area is 112 Å². The average Bonchev–Trinajstić information content (AvgIpc) is 2.33. The number of benzene rings is 1. The number of rotatable bonds is 7. The third-order valence-corrected chi connectivity index (χ3v) is 4.49. The third kappa shape index (κ3) is 5.39. The zero-order valence-electron chi connectivity index (χ0n) is 10.5. The summed E-state index contributed by atoms with van der Waals surface area (Å²) in [6, 6.07) is 6.64. The van der Waals surface area contributed by atoms with Gasteiger partial charge in [0, 0.05) is 23.5 Å². The summed E-state index contributed by atoms with van der Waals surface area (Å²) >= 11 is 1.47. The summed E-state index contributed by atoms with van der Waals surface area (Å²) in [6.07, 6.45) is 0.672. The molecule has 0 aliphatic heterocycles. The molecule has 0 aliphatic carbocycles. The molecule has 0 aliphatic rings. The van der Waals surface area contributed by atoms with Crippen LogP contribution in [0.2, 0.25) is 0 Å². The lowest BCUT2D eigenvalue weighted by Crippen LogP contribution is -2.17. The molecular weight excluding hydrogens is 272 g/mol. The fraction of sp³-hybridized carbons (Fsp3) is 0.500. The first-order valence-corrected chi connectivity index (χ1v) is 8.50. The molecular formula is C12H18O4S2. The maximum Gasteiger partial charge on any atom is 0.175 e. The molecule has 0 fully saturated rings. The van der Waals surface area contributed by atoms with E-state index in [-0.39, 0.29) is 0 Å². The first kappa shape index (κ1) is 15.5. The summed E-state index contributed by atoms with van der Waals surface area (Å²) in [5.74, 6) is 0.526. The number of ether oxygens (including phenoxy) is 1. The van der Waals surface area contributed by atoms with Crippen LogP contribution in [0.1, 0.15) is 6.92 Å². The number of hydrogen-bond donors (Lipinski definition) is 1. The van der Waals surface area contributed by atoms with Crippen LogP contribution in [0.5, 0.6) is 0 Å². The second-order valence-electron chi connectivity index (χ2n) is 3.87. The van der Waals surface area contributed by atoms with Crippen LogP contribution in [0.3, 0.4) is 0 Å². The minimum Gasteiger partial charge on any atom is -0.390 e. The van der Waals surface area contributed by atoms with Crippen LogP contribution >= 0.6 is 11.8 Å². The van der Waals surface area contributed by atoms with E-state index in [0.717, 1.165) is 4.90 Å². The monoisotopic (exact) mass is 290 g/mol. The molecule has 1 rings (SSSR count). The molecule has 0 amide bonds. The molecule has 0 spiro atoms. The van der Waals surface area contributed by atoms with Gasteiger partial charge < -0.3 is 9.84 Å². The minimum absolute atomic E-state index is 0.307. The molecule has 0 radical (unpaired) electrons. The molecule has 102 valence electrons. The fourth-order valence-corrected chi connectivity index (χ4v) is 2.72. The summed E-state index contributed by atoms with van der Waals surface area (Å²) in [4.78, 5) is 1.24. The normalized spacial score (nSPS) is 13.5. The Bertz CT molecular complexity index is 453. The SMILES string of the molecule is CCOCC(O)CSc1ccc(S(C)(=O)=O)cc1. The van der Waals surface area contributed by atoms with Crippen molar-refractivity contribution in [3.05, 3.63) is 24.3 Å². The quantitative estimate of drug-likeness (QED) is 0.772. The number of sulfone groups is 1. The second kappa shape index (κ2) is 7.13. The second-order valence-corrected chi connectivity index (χ2v) is 6.98. The predicted molar refractivity (Wildman–Crippen MR) is 72.8 cm³/mol. The summed E-state index contributed by atoms with van der Waals surface area (Å²) in [5, 5.41) is 9.58. The van der Waals surface area contributed by atoms with Crippen molar-refractivity contribution in [3.8, 4) is 0 Å². The van der Waals surface area contributed by atoms with Crippen LogP contribution in [0.4, 0.5) is 0 Å². The Kier molecular flexibility index (Phi) is 6.14. The average molecular weight is 290 g/mol. The number of thioether (sulfide) groups is 1. The molecule has 18 heavy (non-hydrogen) atoms. The van der Waals surface area contributed by atoms with Crippen molar-refractivity contribution in [2.75, 3.05) is 25.2 Å². The van der Waals surface area contributed by atoms with E-state index in [9.17, 15) is 13.5 Å². The van der Waals surface area contributed by atoms with E-state index >= 15 is 0 Å². The molecule has 0 bridgehead atoms. The van der Waals surface area contributed by atoms with E-state index < -0.39 is 15.9 Å². The van der Waals surface area contributed by atoms with Gasteiger partial charge in [-0.15, -0.1) is 11.8 Å². The Morgan fingerprint density at radius 2 is 1.94 bits per heavy atom. The van der Waals surface area contributed by atoms with Crippen molar-refractivity contribution in [2.45, 2.75) is 22.8 Å². The maximum absolute atomic E-state index is 11.3. The van der Waals surface area contributed by atoms with Crippen molar-refractivity contribution in [1.82, 2.24) is 0 Å².